The van der Waals surface area contributed by atoms with Gasteiger partial charge >= 0.3 is 6.03 Å². The number of amides is 3. The average molecular weight is 445 g/mol. The van der Waals surface area contributed by atoms with Crippen LogP contribution in [0, 0.1) is 11.3 Å². The zero-order valence-electron chi connectivity index (χ0n) is 17.6. The topological polar surface area (TPSA) is 76.4 Å². The molecule has 32 heavy (non-hydrogen) atoms. The third kappa shape index (κ3) is 5.74. The quantitative estimate of drug-likeness (QED) is 0.540. The Morgan fingerprint density at radius 1 is 1.03 bits per heavy atom. The van der Waals surface area contributed by atoms with E-state index < -0.39 is 0 Å². The lowest BCUT2D eigenvalue weighted by atomic mass is 10.2. The molecule has 1 fully saturated rings. The number of nitrogens with zero attached hydrogens (tertiary/aromatic N) is 3. The molecule has 1 N–H and O–H groups in total. The van der Waals surface area contributed by atoms with Gasteiger partial charge in [0.2, 0.25) is 5.91 Å². The van der Waals surface area contributed by atoms with Crippen LogP contribution < -0.4 is 5.32 Å². The molecule has 1 aliphatic rings. The first-order valence-corrected chi connectivity index (χ1v) is 11.4. The van der Waals surface area contributed by atoms with Gasteiger partial charge < -0.3 is 15.1 Å². The van der Waals surface area contributed by atoms with Crippen molar-refractivity contribution in [3.8, 4) is 6.07 Å². The molecule has 0 aliphatic heterocycles. The van der Waals surface area contributed by atoms with Crippen LogP contribution in [0.25, 0.3) is 0 Å². The van der Waals surface area contributed by atoms with Gasteiger partial charge in [0, 0.05) is 23.2 Å². The van der Waals surface area contributed by atoms with E-state index in [0.29, 0.717) is 24.3 Å². The van der Waals surface area contributed by atoms with Gasteiger partial charge in [0.15, 0.2) is 0 Å². The first kappa shape index (κ1) is 21.6. The van der Waals surface area contributed by atoms with Crippen LogP contribution in [0.15, 0.2) is 72.1 Å². The second-order valence-electron chi connectivity index (χ2n) is 7.80. The third-order valence-electron chi connectivity index (χ3n) is 5.29. The summed E-state index contributed by atoms with van der Waals surface area (Å²) in [6.45, 7) is 1.02. The summed E-state index contributed by atoms with van der Waals surface area (Å²) in [6.07, 6.45) is 1.78. The number of nitrogens with one attached hydrogen (secondary N) is 1. The molecular formula is C25H24N4O2S. The Bertz CT molecular complexity index is 1100. The molecule has 0 saturated heterocycles. The second kappa shape index (κ2) is 10.1. The molecule has 1 aliphatic carbocycles. The molecular weight excluding hydrogens is 420 g/mol. The summed E-state index contributed by atoms with van der Waals surface area (Å²) in [5.74, 6) is -0.0879. The number of nitriles is 1. The maximum Gasteiger partial charge on any atom is 0.322 e. The maximum atomic E-state index is 13.3. The molecule has 0 atom stereocenters. The Kier molecular flexibility index (Phi) is 6.83. The fourth-order valence-corrected chi connectivity index (χ4v) is 4.21. The minimum atomic E-state index is -0.313. The summed E-state index contributed by atoms with van der Waals surface area (Å²) in [7, 11) is 0. The molecule has 7 heteroatoms. The highest BCUT2D eigenvalue weighted by Gasteiger charge is 2.35. The van der Waals surface area contributed by atoms with Crippen molar-refractivity contribution in [2.24, 2.45) is 0 Å². The molecule has 0 bridgehead atoms. The number of anilines is 1. The number of thiophene rings is 1. The molecule has 3 aromatic rings. The number of rotatable bonds is 8. The van der Waals surface area contributed by atoms with Gasteiger partial charge in [-0.15, -0.1) is 11.3 Å². The van der Waals surface area contributed by atoms with Gasteiger partial charge in [0.25, 0.3) is 0 Å². The van der Waals surface area contributed by atoms with Crippen LogP contribution >= 0.6 is 11.3 Å². The number of urea groups is 1. The fraction of sp³-hybridized carbons (Fsp3) is 0.240. The van der Waals surface area contributed by atoms with Crippen molar-refractivity contribution in [2.45, 2.75) is 32.0 Å². The van der Waals surface area contributed by atoms with Gasteiger partial charge in [-0.3, -0.25) is 4.79 Å². The standard InChI is InChI=1S/C25H24N4O2S/c26-15-20-8-4-9-21(14-20)27-25(31)29(22-11-12-22)18-24(30)28(17-23-10-5-13-32-23)16-19-6-2-1-3-7-19/h1-10,13-14,22H,11-12,16-18H2,(H,27,31). The second-order valence-corrected chi connectivity index (χ2v) is 8.83. The van der Waals surface area contributed by atoms with Gasteiger partial charge in [0.05, 0.1) is 18.2 Å². The summed E-state index contributed by atoms with van der Waals surface area (Å²) in [5.41, 5.74) is 2.07. The van der Waals surface area contributed by atoms with Crippen molar-refractivity contribution in [1.29, 1.82) is 5.26 Å². The van der Waals surface area contributed by atoms with Crippen LogP contribution in [-0.2, 0) is 17.9 Å². The lowest BCUT2D eigenvalue weighted by Crippen LogP contribution is -2.45. The van der Waals surface area contributed by atoms with E-state index >= 15 is 0 Å². The van der Waals surface area contributed by atoms with Crippen molar-refractivity contribution < 1.29 is 9.59 Å². The van der Waals surface area contributed by atoms with Crippen molar-refractivity contribution in [1.82, 2.24) is 9.80 Å². The summed E-state index contributed by atoms with van der Waals surface area (Å²) < 4.78 is 0. The Balaban J connectivity index is 1.47. The Morgan fingerprint density at radius 3 is 2.53 bits per heavy atom. The normalized spacial score (nSPS) is 12.6. The van der Waals surface area contributed by atoms with Crippen molar-refractivity contribution >= 4 is 29.0 Å². The predicted octanol–water partition coefficient (Wildman–Crippen LogP) is 4.85. The monoisotopic (exact) mass is 444 g/mol. The average Bonchev–Trinajstić information content (AvgIpc) is 3.52. The van der Waals surface area contributed by atoms with Crippen molar-refractivity contribution in [3.63, 3.8) is 0 Å². The molecule has 1 heterocycles. The van der Waals surface area contributed by atoms with Crippen molar-refractivity contribution in [3.05, 3.63) is 88.1 Å². The van der Waals surface area contributed by atoms with E-state index in [2.05, 4.69) is 11.4 Å². The predicted molar refractivity (Wildman–Crippen MR) is 125 cm³/mol. The minimum Gasteiger partial charge on any atom is -0.332 e. The smallest absolute Gasteiger partial charge is 0.322 e. The van der Waals surface area contributed by atoms with E-state index in [9.17, 15) is 9.59 Å². The first-order chi connectivity index (χ1) is 15.6. The molecule has 0 spiro atoms. The van der Waals surface area contributed by atoms with Crippen LogP contribution in [0.1, 0.15) is 28.8 Å². The lowest BCUT2D eigenvalue weighted by molar-refractivity contribution is -0.133. The Morgan fingerprint density at radius 2 is 1.84 bits per heavy atom. The van der Waals surface area contributed by atoms with Gasteiger partial charge in [-0.05, 0) is 48.1 Å². The number of carbonyl (C=O) groups excluding carboxylic acids is 2. The van der Waals surface area contributed by atoms with E-state index in [4.69, 9.17) is 5.26 Å². The van der Waals surface area contributed by atoms with E-state index in [-0.39, 0.29) is 24.5 Å². The van der Waals surface area contributed by atoms with Crippen LogP contribution in [0.4, 0.5) is 10.5 Å². The molecule has 6 nitrogen and oxygen atoms in total. The zero-order chi connectivity index (χ0) is 22.3. The van der Waals surface area contributed by atoms with Crippen molar-refractivity contribution in [2.75, 3.05) is 11.9 Å². The third-order valence-corrected chi connectivity index (χ3v) is 6.15. The summed E-state index contributed by atoms with van der Waals surface area (Å²) >= 11 is 1.62. The molecule has 0 unspecified atom stereocenters. The molecule has 2 aromatic carbocycles. The van der Waals surface area contributed by atoms with E-state index in [0.717, 1.165) is 23.3 Å². The fourth-order valence-electron chi connectivity index (χ4n) is 3.49. The van der Waals surface area contributed by atoms with Crippen LogP contribution in [0.5, 0.6) is 0 Å². The highest BCUT2D eigenvalue weighted by Crippen LogP contribution is 2.28. The zero-order valence-corrected chi connectivity index (χ0v) is 18.4. The molecule has 4 rings (SSSR count). The number of benzene rings is 2. The lowest BCUT2D eigenvalue weighted by Gasteiger charge is -2.28. The summed E-state index contributed by atoms with van der Waals surface area (Å²) in [5, 5.41) is 13.9. The number of hydrogen-bond acceptors (Lipinski definition) is 4. The Hall–Kier alpha value is -3.63. The minimum absolute atomic E-state index is 0.0205. The highest BCUT2D eigenvalue weighted by molar-refractivity contribution is 7.09. The van der Waals surface area contributed by atoms with Gasteiger partial charge in [-0.1, -0.05) is 42.5 Å². The van der Waals surface area contributed by atoms with E-state index in [1.807, 2.05) is 47.8 Å². The Labute approximate surface area is 191 Å². The summed E-state index contributed by atoms with van der Waals surface area (Å²) in [4.78, 5) is 30.9. The van der Waals surface area contributed by atoms with Gasteiger partial charge in [-0.2, -0.15) is 5.26 Å². The SMILES string of the molecule is N#Cc1cccc(NC(=O)N(CC(=O)N(Cc2ccccc2)Cc2cccs2)C2CC2)c1. The van der Waals surface area contributed by atoms with Gasteiger partial charge in [-0.25, -0.2) is 4.79 Å². The molecule has 3 amide bonds. The molecule has 162 valence electrons. The van der Waals surface area contributed by atoms with Crippen LogP contribution in [0.3, 0.4) is 0 Å². The number of hydrogen-bond donors (Lipinski definition) is 1. The highest BCUT2D eigenvalue weighted by atomic mass is 32.1. The maximum absolute atomic E-state index is 13.3. The molecule has 1 saturated carbocycles. The molecule has 0 radical (unpaired) electrons. The van der Waals surface area contributed by atoms with Crippen LogP contribution in [-0.4, -0.2) is 34.3 Å². The van der Waals surface area contributed by atoms with E-state index in [1.54, 1.807) is 45.4 Å². The van der Waals surface area contributed by atoms with Crippen LogP contribution in [0.2, 0.25) is 0 Å². The first-order valence-electron chi connectivity index (χ1n) is 10.5. The molecule has 1 aromatic heterocycles. The largest absolute Gasteiger partial charge is 0.332 e. The number of carbonyl (C=O) groups is 2. The van der Waals surface area contributed by atoms with E-state index in [1.165, 1.54) is 0 Å². The summed E-state index contributed by atoms with van der Waals surface area (Å²) in [6, 6.07) is 22.5. The van der Waals surface area contributed by atoms with Gasteiger partial charge in [0.1, 0.15) is 6.54 Å².